The number of nitrogens with one attached hydrogen (secondary N) is 2. The molecule has 19 heteroatoms. The molecular formula is C24H45Cl2N3O14. The molecule has 0 saturated heterocycles. The fourth-order valence-corrected chi connectivity index (χ4v) is 2.05. The first-order chi connectivity index (χ1) is 20.2. The Kier molecular flexibility index (Phi) is 36.6. The highest BCUT2D eigenvalue weighted by Crippen LogP contribution is 1.96. The molecule has 0 aromatic heterocycles. The van der Waals surface area contributed by atoms with Crippen molar-refractivity contribution in [2.24, 2.45) is 5.73 Å². The van der Waals surface area contributed by atoms with Crippen LogP contribution in [0.25, 0.3) is 0 Å². The average molecular weight is 671 g/mol. The molecule has 254 valence electrons. The molecule has 0 heterocycles. The normalized spacial score (nSPS) is 11.6. The molecule has 0 aliphatic carbocycles. The minimum Gasteiger partial charge on any atom is -0.464 e. The summed E-state index contributed by atoms with van der Waals surface area (Å²) in [5.74, 6) is -2.07. The van der Waals surface area contributed by atoms with Gasteiger partial charge in [0.25, 0.3) is 0 Å². The van der Waals surface area contributed by atoms with Crippen molar-refractivity contribution < 1.29 is 68.5 Å². The highest BCUT2D eigenvalue weighted by atomic mass is 35.5. The molecule has 0 aromatic carbocycles. The SMILES string of the molecule is CCCCOC(=O)C(CO)NC(=O)NC(CO)C(=O)OCCCC.CCCCOC(=O)C(N)CO.O=C(Cl)Cl.O=C(O)O. The van der Waals surface area contributed by atoms with E-state index in [-0.39, 0.29) is 19.8 Å². The Hall–Kier alpha value is -2.96. The van der Waals surface area contributed by atoms with Gasteiger partial charge in [0.2, 0.25) is 0 Å². The summed E-state index contributed by atoms with van der Waals surface area (Å²) in [5, 5.41) is 45.1. The molecule has 0 spiro atoms. The number of nitrogens with two attached hydrogens (primary N) is 1. The molecule has 0 fully saturated rings. The Labute approximate surface area is 259 Å². The number of carbonyl (C=O) groups excluding carboxylic acids is 5. The van der Waals surface area contributed by atoms with Crippen molar-refractivity contribution in [3.8, 4) is 0 Å². The second-order valence-electron chi connectivity index (χ2n) is 7.95. The lowest BCUT2D eigenvalue weighted by Crippen LogP contribution is -2.53. The number of esters is 3. The van der Waals surface area contributed by atoms with Gasteiger partial charge in [0, 0.05) is 0 Å². The van der Waals surface area contributed by atoms with E-state index in [1.54, 1.807) is 0 Å². The zero-order valence-corrected chi connectivity index (χ0v) is 26.0. The second-order valence-corrected chi connectivity index (χ2v) is 8.83. The van der Waals surface area contributed by atoms with Crippen LogP contribution in [0, 0.1) is 0 Å². The maximum atomic E-state index is 11.8. The first-order valence-corrected chi connectivity index (χ1v) is 13.9. The van der Waals surface area contributed by atoms with Gasteiger partial charge in [-0.05, 0) is 42.5 Å². The molecule has 0 aromatic rings. The maximum absolute atomic E-state index is 11.8. The highest BCUT2D eigenvalue weighted by molar-refractivity contribution is 6.93. The molecule has 0 rings (SSSR count). The number of carbonyl (C=O) groups is 6. The molecule has 3 atom stereocenters. The quantitative estimate of drug-likeness (QED) is 0.0466. The Morgan fingerprint density at radius 1 is 0.651 bits per heavy atom. The van der Waals surface area contributed by atoms with Crippen LogP contribution in [0.4, 0.5) is 14.4 Å². The lowest BCUT2D eigenvalue weighted by Gasteiger charge is -2.19. The monoisotopic (exact) mass is 669 g/mol. The van der Waals surface area contributed by atoms with E-state index in [0.29, 0.717) is 19.4 Å². The van der Waals surface area contributed by atoms with Gasteiger partial charge in [-0.15, -0.1) is 0 Å². The molecule has 2 amide bonds. The highest BCUT2D eigenvalue weighted by Gasteiger charge is 2.25. The number of halogens is 2. The fraction of sp³-hybridized carbons (Fsp3) is 0.750. The summed E-state index contributed by atoms with van der Waals surface area (Å²) in [6.45, 7) is 4.98. The maximum Gasteiger partial charge on any atom is 0.503 e. The van der Waals surface area contributed by atoms with Gasteiger partial charge in [0.15, 0.2) is 12.1 Å². The van der Waals surface area contributed by atoms with Gasteiger partial charge in [0.1, 0.15) is 6.04 Å². The number of urea groups is 1. The Morgan fingerprint density at radius 2 is 0.930 bits per heavy atom. The van der Waals surface area contributed by atoms with Crippen molar-refractivity contribution in [2.45, 2.75) is 77.4 Å². The molecule has 9 N–H and O–H groups in total. The third-order valence-electron chi connectivity index (χ3n) is 4.27. The molecule has 0 aliphatic heterocycles. The number of carboxylic acid groups (broad SMARTS) is 2. The number of aliphatic hydroxyl groups excluding tert-OH is 3. The van der Waals surface area contributed by atoms with E-state index in [1.165, 1.54) is 0 Å². The van der Waals surface area contributed by atoms with Crippen molar-refractivity contribution in [2.75, 3.05) is 39.6 Å². The average Bonchev–Trinajstić information content (AvgIpc) is 2.94. The van der Waals surface area contributed by atoms with Gasteiger partial charge < -0.3 is 56.1 Å². The smallest absolute Gasteiger partial charge is 0.464 e. The minimum absolute atomic E-state index is 0.193. The van der Waals surface area contributed by atoms with Crippen LogP contribution >= 0.6 is 23.2 Å². The predicted octanol–water partition coefficient (Wildman–Crippen LogP) is 1.15. The van der Waals surface area contributed by atoms with Gasteiger partial charge in [-0.1, -0.05) is 40.0 Å². The molecule has 0 radical (unpaired) electrons. The number of unbranched alkanes of at least 4 members (excludes halogenated alkanes) is 3. The minimum atomic E-state index is -1.83. The molecule has 0 aliphatic rings. The lowest BCUT2D eigenvalue weighted by molar-refractivity contribution is -0.147. The molecule has 43 heavy (non-hydrogen) atoms. The topological polar surface area (TPSA) is 281 Å². The Morgan fingerprint density at radius 3 is 1.16 bits per heavy atom. The van der Waals surface area contributed by atoms with E-state index in [0.717, 1.165) is 25.7 Å². The lowest BCUT2D eigenvalue weighted by atomic mass is 10.3. The van der Waals surface area contributed by atoms with Crippen LogP contribution in [0.15, 0.2) is 0 Å². The van der Waals surface area contributed by atoms with Crippen molar-refractivity contribution >= 4 is 58.0 Å². The number of aliphatic hydroxyl groups is 3. The predicted molar refractivity (Wildman–Crippen MR) is 154 cm³/mol. The van der Waals surface area contributed by atoms with Crippen LogP contribution in [0.1, 0.15) is 59.3 Å². The third kappa shape index (κ3) is 37.0. The van der Waals surface area contributed by atoms with Gasteiger partial charge in [-0.2, -0.15) is 0 Å². The Bertz CT molecular complexity index is 724. The van der Waals surface area contributed by atoms with Crippen molar-refractivity contribution in [1.29, 1.82) is 0 Å². The van der Waals surface area contributed by atoms with Crippen LogP contribution in [0.5, 0.6) is 0 Å². The van der Waals surface area contributed by atoms with Crippen molar-refractivity contribution in [1.82, 2.24) is 10.6 Å². The summed E-state index contributed by atoms with van der Waals surface area (Å²) < 4.78 is 13.6. The van der Waals surface area contributed by atoms with E-state index in [2.05, 4.69) is 33.8 Å². The zero-order chi connectivity index (χ0) is 34.2. The van der Waals surface area contributed by atoms with E-state index >= 15 is 0 Å². The molecule has 0 saturated carbocycles. The summed E-state index contributed by atoms with van der Waals surface area (Å²) >= 11 is 8.80. The van der Waals surface area contributed by atoms with Gasteiger partial charge in [0.05, 0.1) is 39.6 Å². The van der Waals surface area contributed by atoms with E-state index in [9.17, 15) is 19.2 Å². The van der Waals surface area contributed by atoms with Crippen LogP contribution in [-0.2, 0) is 28.6 Å². The summed E-state index contributed by atoms with van der Waals surface area (Å²) in [6.07, 6.45) is 3.00. The van der Waals surface area contributed by atoms with Gasteiger partial charge in [-0.3, -0.25) is 9.59 Å². The summed E-state index contributed by atoms with van der Waals surface area (Å²) in [7, 11) is 0. The van der Waals surface area contributed by atoms with Crippen LogP contribution in [-0.4, -0.2) is 118 Å². The van der Waals surface area contributed by atoms with Crippen LogP contribution < -0.4 is 16.4 Å². The summed E-state index contributed by atoms with van der Waals surface area (Å²) in [6, 6.07) is -4.28. The number of hydrogen-bond acceptors (Lipinski definition) is 13. The van der Waals surface area contributed by atoms with E-state index in [4.69, 9.17) is 55.1 Å². The summed E-state index contributed by atoms with van der Waals surface area (Å²) in [5.41, 5.74) is 5.17. The molecule has 17 nitrogen and oxygen atoms in total. The first kappa shape index (κ1) is 47.0. The van der Waals surface area contributed by atoms with E-state index < -0.39 is 66.1 Å². The largest absolute Gasteiger partial charge is 0.503 e. The Balaban J connectivity index is -0.000000327. The van der Waals surface area contributed by atoms with Crippen LogP contribution in [0.2, 0.25) is 0 Å². The fourth-order valence-electron chi connectivity index (χ4n) is 2.05. The van der Waals surface area contributed by atoms with Crippen molar-refractivity contribution in [3.63, 3.8) is 0 Å². The van der Waals surface area contributed by atoms with Gasteiger partial charge in [-0.25, -0.2) is 19.2 Å². The molecule has 0 bridgehead atoms. The summed E-state index contributed by atoms with van der Waals surface area (Å²) in [4.78, 5) is 63.4. The van der Waals surface area contributed by atoms with Crippen molar-refractivity contribution in [3.05, 3.63) is 0 Å². The van der Waals surface area contributed by atoms with E-state index in [1.807, 2.05) is 20.8 Å². The number of amides is 2. The second kappa shape index (κ2) is 33.5. The van der Waals surface area contributed by atoms with Crippen LogP contribution in [0.3, 0.4) is 0 Å². The third-order valence-corrected chi connectivity index (χ3v) is 4.27. The number of hydrogen-bond donors (Lipinski definition) is 8. The molecular weight excluding hydrogens is 625 g/mol. The number of ether oxygens (including phenoxy) is 3. The standard InChI is InChI=1S/C15H28N2O7.C7H15NO3.CCl2O.CH2O3/c1-3-5-7-23-13(20)11(9-18)16-15(22)17-12(10-19)14(21)24-8-6-4-2;1-2-3-4-11-7(10)6(8)5-9;2*2-1(3)4/h11-12,18-19H,3-10H2,1-2H3,(H2,16,17,22);6,9H,2-5,8H2,1H3;;(H2,2,3,4). The first-order valence-electron chi connectivity index (χ1n) is 13.1. The number of rotatable bonds is 17. The zero-order valence-electron chi connectivity index (χ0n) is 24.5. The molecule has 3 unspecified atom stereocenters. The van der Waals surface area contributed by atoms with Gasteiger partial charge >= 0.3 is 34.8 Å².